The van der Waals surface area contributed by atoms with Crippen LogP contribution in [0.25, 0.3) is 6.08 Å². The summed E-state index contributed by atoms with van der Waals surface area (Å²) < 4.78 is 1.94. The van der Waals surface area contributed by atoms with Gasteiger partial charge in [-0.15, -0.1) is 4.58 Å². The van der Waals surface area contributed by atoms with Crippen molar-refractivity contribution in [3.63, 3.8) is 0 Å². The zero-order chi connectivity index (χ0) is 22.5. The van der Waals surface area contributed by atoms with Gasteiger partial charge in [0.05, 0.1) is 12.4 Å². The van der Waals surface area contributed by atoms with Crippen molar-refractivity contribution < 1.29 is 0 Å². The number of anilines is 1. The molecule has 0 atom stereocenters. The lowest BCUT2D eigenvalue weighted by Crippen LogP contribution is -2.45. The van der Waals surface area contributed by atoms with E-state index in [1.54, 1.807) is 24.8 Å². The number of pyridine rings is 2. The average molecular weight is 422 g/mol. The lowest BCUT2D eigenvalue weighted by molar-refractivity contribution is 0.645. The van der Waals surface area contributed by atoms with Crippen LogP contribution in [0.4, 0.5) is 17.1 Å². The minimum atomic E-state index is -0.180. The van der Waals surface area contributed by atoms with Gasteiger partial charge in [-0.2, -0.15) is 0 Å². The number of hydrogen-bond donors (Lipinski definition) is 0. The van der Waals surface area contributed by atoms with Crippen molar-refractivity contribution in [2.24, 2.45) is 0 Å². The number of benzene rings is 1. The maximum atomic E-state index is 13.5. The van der Waals surface area contributed by atoms with E-state index in [2.05, 4.69) is 66.1 Å². The van der Waals surface area contributed by atoms with Crippen LogP contribution in [0.5, 0.6) is 0 Å². The first-order valence-electron chi connectivity index (χ1n) is 10.7. The monoisotopic (exact) mass is 421 g/mol. The van der Waals surface area contributed by atoms with Crippen molar-refractivity contribution in [2.75, 3.05) is 11.9 Å². The topological polar surface area (TPSA) is 49.1 Å². The van der Waals surface area contributed by atoms with E-state index in [-0.39, 0.29) is 10.8 Å². The van der Waals surface area contributed by atoms with E-state index in [4.69, 9.17) is 0 Å². The fraction of sp³-hybridized carbons (Fsp3) is 0.185. The van der Waals surface area contributed by atoms with Crippen molar-refractivity contribution in [3.8, 4) is 0 Å². The Morgan fingerprint density at radius 2 is 1.56 bits per heavy atom. The number of likely N-dealkylation sites (N-methyl/N-ethyl adjacent to an activating group) is 1. The molecule has 4 aromatic rings. The third-order valence-electron chi connectivity index (χ3n) is 6.47. The number of para-hydroxylation sites is 1. The molecule has 0 fully saturated rings. The third-order valence-corrected chi connectivity index (χ3v) is 6.47. The lowest BCUT2D eigenvalue weighted by Gasteiger charge is -2.24. The quantitative estimate of drug-likeness (QED) is 0.465. The van der Waals surface area contributed by atoms with Crippen LogP contribution < -0.4 is 20.3 Å². The SMILES string of the molecule is Cc1c(C=C2N(C)c3ccccc3C2(C)C)c(=O)c1=[N+](c1cccnc1)c1cccnc1. The van der Waals surface area contributed by atoms with E-state index in [1.165, 1.54) is 11.3 Å². The second kappa shape index (κ2) is 7.38. The van der Waals surface area contributed by atoms with Crippen molar-refractivity contribution in [1.29, 1.82) is 0 Å². The summed E-state index contributed by atoms with van der Waals surface area (Å²) >= 11 is 0. The number of fused-ring (bicyclic) bond motifs is 1. The van der Waals surface area contributed by atoms with Crippen LogP contribution in [-0.2, 0) is 5.41 Å². The summed E-state index contributed by atoms with van der Waals surface area (Å²) in [5.74, 6) is 0. The largest absolute Gasteiger partial charge is 0.347 e. The van der Waals surface area contributed by atoms with E-state index in [0.717, 1.165) is 28.2 Å². The Hall–Kier alpha value is -3.86. The molecule has 0 aliphatic carbocycles. The van der Waals surface area contributed by atoms with Crippen LogP contribution in [0.3, 0.4) is 0 Å². The minimum Gasteiger partial charge on any atom is -0.347 e. The number of rotatable bonds is 3. The predicted molar refractivity (Wildman–Crippen MR) is 129 cm³/mol. The summed E-state index contributed by atoms with van der Waals surface area (Å²) in [5.41, 5.74) is 6.82. The minimum absolute atomic E-state index is 0.0304. The molecule has 5 nitrogen and oxygen atoms in total. The smallest absolute Gasteiger partial charge is 0.263 e. The van der Waals surface area contributed by atoms with Crippen molar-refractivity contribution in [3.05, 3.63) is 111 Å². The summed E-state index contributed by atoms with van der Waals surface area (Å²) in [6, 6.07) is 16.1. The number of aromatic nitrogens is 2. The van der Waals surface area contributed by atoms with E-state index in [0.29, 0.717) is 5.36 Å². The van der Waals surface area contributed by atoms with Gasteiger partial charge in [-0.25, -0.2) is 0 Å². The highest BCUT2D eigenvalue weighted by atomic mass is 16.1. The second-order valence-corrected chi connectivity index (χ2v) is 8.71. The maximum Gasteiger partial charge on any atom is 0.263 e. The molecule has 0 radical (unpaired) electrons. The predicted octanol–water partition coefficient (Wildman–Crippen LogP) is 4.22. The van der Waals surface area contributed by atoms with Gasteiger partial charge < -0.3 is 4.90 Å². The van der Waals surface area contributed by atoms with Crippen molar-refractivity contribution >= 4 is 23.1 Å². The molecule has 5 rings (SSSR count). The molecule has 5 heteroatoms. The van der Waals surface area contributed by atoms with Gasteiger partial charge >= 0.3 is 0 Å². The van der Waals surface area contributed by atoms with Crippen molar-refractivity contribution in [2.45, 2.75) is 26.2 Å². The lowest BCUT2D eigenvalue weighted by atomic mass is 9.82. The van der Waals surface area contributed by atoms with Gasteiger partial charge in [-0.1, -0.05) is 32.0 Å². The van der Waals surface area contributed by atoms with Crippen LogP contribution in [0.2, 0.25) is 0 Å². The Bertz CT molecular complexity index is 1380. The van der Waals surface area contributed by atoms with E-state index in [1.807, 2.05) is 35.8 Å². The molecule has 0 saturated heterocycles. The zero-order valence-electron chi connectivity index (χ0n) is 18.7. The van der Waals surface area contributed by atoms with Crippen molar-refractivity contribution in [1.82, 2.24) is 14.5 Å². The molecule has 0 bridgehead atoms. The Kier molecular flexibility index (Phi) is 4.63. The number of nitrogens with zero attached hydrogens (tertiary/aromatic N) is 4. The van der Waals surface area contributed by atoms with Gasteiger partial charge in [0.2, 0.25) is 11.4 Å². The molecule has 0 N–H and O–H groups in total. The number of hydrogen-bond acceptors (Lipinski definition) is 4. The normalized spacial score (nSPS) is 15.9. The van der Waals surface area contributed by atoms with Gasteiger partial charge in [0.25, 0.3) is 10.8 Å². The summed E-state index contributed by atoms with van der Waals surface area (Å²) in [7, 11) is 2.07. The second-order valence-electron chi connectivity index (χ2n) is 8.71. The third kappa shape index (κ3) is 2.93. The standard InChI is InChI=1S/C27H25N4O/c1-18-21(15-24-27(2,3)22-11-5-6-12-23(22)30(24)4)26(32)25(18)31(19-9-7-13-28-16-19)20-10-8-14-29-17-20/h5-17H,1-4H3/q+1. The molecule has 32 heavy (non-hydrogen) atoms. The number of allylic oxidation sites excluding steroid dienone is 1. The summed E-state index contributed by atoms with van der Waals surface area (Å²) in [6.45, 7) is 6.43. The van der Waals surface area contributed by atoms with Crippen LogP contribution in [0.15, 0.2) is 83.8 Å². The van der Waals surface area contributed by atoms with Crippen LogP contribution in [-0.4, -0.2) is 17.0 Å². The Balaban J connectivity index is 1.71. The zero-order valence-corrected chi connectivity index (χ0v) is 18.7. The summed E-state index contributed by atoms with van der Waals surface area (Å²) in [6.07, 6.45) is 9.05. The molecule has 1 aliphatic rings. The molecule has 158 valence electrons. The molecule has 2 aromatic carbocycles. The maximum absolute atomic E-state index is 13.5. The van der Waals surface area contributed by atoms with Gasteiger partial charge in [0, 0.05) is 59.5 Å². The molecule has 2 aromatic heterocycles. The van der Waals surface area contributed by atoms with Gasteiger partial charge in [-0.05, 0) is 36.8 Å². The van der Waals surface area contributed by atoms with Crippen LogP contribution >= 0.6 is 0 Å². The first kappa shape index (κ1) is 20.1. The average Bonchev–Trinajstić information content (AvgIpc) is 3.02. The fourth-order valence-electron chi connectivity index (χ4n) is 4.75. The van der Waals surface area contributed by atoms with Crippen LogP contribution in [0, 0.1) is 6.92 Å². The fourth-order valence-corrected chi connectivity index (χ4v) is 4.75. The molecule has 3 heterocycles. The highest BCUT2D eigenvalue weighted by Crippen LogP contribution is 2.47. The highest BCUT2D eigenvalue weighted by Gasteiger charge is 2.39. The Morgan fingerprint density at radius 1 is 0.938 bits per heavy atom. The molecular formula is C27H25N4O+. The Morgan fingerprint density at radius 3 is 2.09 bits per heavy atom. The molecular weight excluding hydrogens is 396 g/mol. The van der Waals surface area contributed by atoms with E-state index >= 15 is 0 Å². The highest BCUT2D eigenvalue weighted by molar-refractivity contribution is 5.76. The molecule has 0 unspecified atom stereocenters. The summed E-state index contributed by atoms with van der Waals surface area (Å²) in [4.78, 5) is 24.2. The van der Waals surface area contributed by atoms with Crippen LogP contribution in [0.1, 0.15) is 30.5 Å². The van der Waals surface area contributed by atoms with Gasteiger partial charge in [0.15, 0.2) is 0 Å². The summed E-state index contributed by atoms with van der Waals surface area (Å²) in [5, 5.41) is 0.661. The van der Waals surface area contributed by atoms with E-state index in [9.17, 15) is 4.79 Å². The molecule has 1 aliphatic heterocycles. The van der Waals surface area contributed by atoms with Gasteiger partial charge in [0.1, 0.15) is 0 Å². The first-order chi connectivity index (χ1) is 15.4. The molecule has 0 saturated carbocycles. The Labute approximate surface area is 187 Å². The first-order valence-corrected chi connectivity index (χ1v) is 10.7. The molecule has 0 spiro atoms. The van der Waals surface area contributed by atoms with E-state index < -0.39 is 0 Å². The van der Waals surface area contributed by atoms with Gasteiger partial charge in [-0.3, -0.25) is 14.8 Å². The molecule has 0 amide bonds.